The number of rotatable bonds is 2. The first-order valence-corrected chi connectivity index (χ1v) is 6.26. The molecule has 0 bridgehead atoms. The first-order chi connectivity index (χ1) is 8.25. The van der Waals surface area contributed by atoms with E-state index in [0.717, 1.165) is 0 Å². The average molecular weight is 241 g/mol. The molecule has 3 heteroatoms. The van der Waals surface area contributed by atoms with E-state index in [0.29, 0.717) is 11.3 Å². The van der Waals surface area contributed by atoms with E-state index in [4.69, 9.17) is 5.11 Å². The maximum Gasteiger partial charge on any atom is 0.337 e. The summed E-state index contributed by atoms with van der Waals surface area (Å²) in [4.78, 5) is 10.5. The normalized spacial score (nSPS) is 7.00. The Morgan fingerprint density at radius 3 is 1.71 bits per heavy atom. The summed E-state index contributed by atoms with van der Waals surface area (Å²) >= 11 is 0. The van der Waals surface area contributed by atoms with E-state index in [1.807, 2.05) is 41.5 Å². The Hall–Kier alpha value is -1.51. The highest BCUT2D eigenvalue weighted by Gasteiger charge is 2.05. The van der Waals surface area contributed by atoms with Gasteiger partial charge < -0.3 is 10.4 Å². The molecule has 0 amide bonds. The summed E-state index contributed by atoms with van der Waals surface area (Å²) in [6.45, 7) is 12.0. The molecule has 0 aliphatic rings. The predicted molar refractivity (Wildman–Crippen MR) is 77.0 cm³/mol. The molecule has 1 aromatic carbocycles. The quantitative estimate of drug-likeness (QED) is 0.801. The van der Waals surface area contributed by atoms with Crippen LogP contribution >= 0.6 is 0 Å². The van der Waals surface area contributed by atoms with Crippen LogP contribution in [0.15, 0.2) is 24.3 Å². The van der Waals surface area contributed by atoms with Gasteiger partial charge in [0.1, 0.15) is 0 Å². The number of carboxylic acids is 1. The number of carboxylic acid groups (broad SMARTS) is 1. The minimum Gasteiger partial charge on any atom is -0.478 e. The lowest BCUT2D eigenvalue weighted by molar-refractivity contribution is 0.0698. The fraction of sp³-hybridized carbons (Fsp3) is 0.500. The van der Waals surface area contributed by atoms with Gasteiger partial charge in [0.2, 0.25) is 0 Å². The van der Waals surface area contributed by atoms with Gasteiger partial charge in [0.25, 0.3) is 0 Å². The molecule has 0 aliphatic heterocycles. The number of hydrogen-bond acceptors (Lipinski definition) is 2. The van der Waals surface area contributed by atoms with E-state index in [2.05, 4.69) is 5.32 Å². The van der Waals surface area contributed by atoms with Crippen LogP contribution in [0.2, 0.25) is 0 Å². The maximum absolute atomic E-state index is 10.5. The van der Waals surface area contributed by atoms with Crippen LogP contribution in [0.5, 0.6) is 0 Å². The average Bonchev–Trinajstić information content (AvgIpc) is 2.45. The summed E-state index contributed by atoms with van der Waals surface area (Å²) in [5, 5.41) is 11.5. The van der Waals surface area contributed by atoms with Gasteiger partial charge in [-0.1, -0.05) is 53.7 Å². The highest BCUT2D eigenvalue weighted by molar-refractivity contribution is 5.94. The molecule has 17 heavy (non-hydrogen) atoms. The lowest BCUT2D eigenvalue weighted by Crippen LogP contribution is -2.01. The topological polar surface area (TPSA) is 49.3 Å². The highest BCUT2D eigenvalue weighted by atomic mass is 16.4. The molecular formula is C14H27NO2. The summed E-state index contributed by atoms with van der Waals surface area (Å²) in [5.74, 6) is -0.907. The highest BCUT2D eigenvalue weighted by Crippen LogP contribution is 2.13. The molecule has 1 rings (SSSR count). The van der Waals surface area contributed by atoms with Crippen molar-refractivity contribution in [3.8, 4) is 0 Å². The SMILES string of the molecule is CC.CC.CC.CNc1ccccc1C(=O)O. The Morgan fingerprint density at radius 1 is 1.00 bits per heavy atom. The molecule has 1 aromatic rings. The number of aromatic carboxylic acids is 1. The van der Waals surface area contributed by atoms with Gasteiger partial charge in [0.15, 0.2) is 0 Å². The largest absolute Gasteiger partial charge is 0.478 e. The summed E-state index contributed by atoms with van der Waals surface area (Å²) < 4.78 is 0. The van der Waals surface area contributed by atoms with E-state index in [-0.39, 0.29) is 0 Å². The molecule has 2 N–H and O–H groups in total. The third-order valence-electron chi connectivity index (χ3n) is 1.43. The van der Waals surface area contributed by atoms with Crippen molar-refractivity contribution >= 4 is 11.7 Å². The van der Waals surface area contributed by atoms with Crippen LogP contribution in [0.3, 0.4) is 0 Å². The van der Waals surface area contributed by atoms with E-state index < -0.39 is 5.97 Å². The smallest absolute Gasteiger partial charge is 0.337 e. The second-order valence-corrected chi connectivity index (χ2v) is 2.10. The minimum absolute atomic E-state index is 0.301. The zero-order valence-corrected chi connectivity index (χ0v) is 12.2. The van der Waals surface area contributed by atoms with Crippen LogP contribution in [0, 0.1) is 0 Å². The molecule has 0 saturated carbocycles. The summed E-state index contributed by atoms with van der Waals surface area (Å²) in [7, 11) is 1.70. The van der Waals surface area contributed by atoms with E-state index >= 15 is 0 Å². The molecule has 0 radical (unpaired) electrons. The lowest BCUT2D eigenvalue weighted by atomic mass is 10.2. The molecule has 3 nitrogen and oxygen atoms in total. The van der Waals surface area contributed by atoms with E-state index in [1.54, 1.807) is 31.3 Å². The Labute approximate surface area is 106 Å². The van der Waals surface area contributed by atoms with E-state index in [1.165, 1.54) is 0 Å². The van der Waals surface area contributed by atoms with Crippen LogP contribution in [0.25, 0.3) is 0 Å². The van der Waals surface area contributed by atoms with Crippen LogP contribution in [0.4, 0.5) is 5.69 Å². The fourth-order valence-electron chi connectivity index (χ4n) is 0.888. The molecule has 100 valence electrons. The van der Waals surface area contributed by atoms with Crippen molar-refractivity contribution in [3.05, 3.63) is 29.8 Å². The van der Waals surface area contributed by atoms with Crippen molar-refractivity contribution in [1.82, 2.24) is 0 Å². The standard InChI is InChI=1S/C8H9NO2.3C2H6/c1-9-7-5-3-2-4-6(7)8(10)11;3*1-2/h2-5,9H,1H3,(H,10,11);3*1-2H3. The first-order valence-electron chi connectivity index (χ1n) is 6.26. The van der Waals surface area contributed by atoms with Crippen molar-refractivity contribution < 1.29 is 9.90 Å². The molecule has 0 atom stereocenters. The van der Waals surface area contributed by atoms with Crippen LogP contribution in [-0.4, -0.2) is 18.1 Å². The second-order valence-electron chi connectivity index (χ2n) is 2.10. The Morgan fingerprint density at radius 2 is 1.41 bits per heavy atom. The summed E-state index contributed by atoms with van der Waals surface area (Å²) in [5.41, 5.74) is 0.940. The Bertz CT molecular complexity index is 273. The number of hydrogen-bond donors (Lipinski definition) is 2. The predicted octanol–water partition coefficient (Wildman–Crippen LogP) is 4.51. The van der Waals surface area contributed by atoms with Crippen molar-refractivity contribution in [2.45, 2.75) is 41.5 Å². The third-order valence-corrected chi connectivity index (χ3v) is 1.43. The first kappa shape index (κ1) is 20.8. The van der Waals surface area contributed by atoms with Crippen molar-refractivity contribution in [2.24, 2.45) is 0 Å². The molecule has 0 aliphatic carbocycles. The van der Waals surface area contributed by atoms with Gasteiger partial charge in [-0.3, -0.25) is 0 Å². The molecule has 0 unspecified atom stereocenters. The molecule has 0 saturated heterocycles. The molecule has 0 aromatic heterocycles. The van der Waals surface area contributed by atoms with Gasteiger partial charge in [-0.25, -0.2) is 4.79 Å². The van der Waals surface area contributed by atoms with Crippen molar-refractivity contribution in [1.29, 1.82) is 0 Å². The van der Waals surface area contributed by atoms with Crippen LogP contribution < -0.4 is 5.32 Å². The zero-order chi connectivity index (χ0) is 14.3. The number of nitrogens with one attached hydrogen (secondary N) is 1. The van der Waals surface area contributed by atoms with Crippen LogP contribution in [0.1, 0.15) is 51.9 Å². The van der Waals surface area contributed by atoms with Crippen LogP contribution in [-0.2, 0) is 0 Å². The van der Waals surface area contributed by atoms with Gasteiger partial charge in [-0.2, -0.15) is 0 Å². The molecule has 0 spiro atoms. The fourth-order valence-corrected chi connectivity index (χ4v) is 0.888. The maximum atomic E-state index is 10.5. The van der Waals surface area contributed by atoms with Gasteiger partial charge in [-0.15, -0.1) is 0 Å². The monoisotopic (exact) mass is 241 g/mol. The molecule has 0 fully saturated rings. The molecular weight excluding hydrogens is 214 g/mol. The molecule has 0 heterocycles. The number of para-hydroxylation sites is 1. The summed E-state index contributed by atoms with van der Waals surface area (Å²) in [6, 6.07) is 6.78. The van der Waals surface area contributed by atoms with Crippen molar-refractivity contribution in [3.63, 3.8) is 0 Å². The van der Waals surface area contributed by atoms with E-state index in [9.17, 15) is 4.79 Å². The lowest BCUT2D eigenvalue weighted by Gasteiger charge is -2.02. The number of carbonyl (C=O) groups is 1. The summed E-state index contributed by atoms with van der Waals surface area (Å²) in [6.07, 6.45) is 0. The van der Waals surface area contributed by atoms with Gasteiger partial charge in [0, 0.05) is 12.7 Å². The Balaban J connectivity index is -0.000000285. The number of benzene rings is 1. The zero-order valence-electron chi connectivity index (χ0n) is 12.2. The third kappa shape index (κ3) is 9.42. The van der Waals surface area contributed by atoms with Gasteiger partial charge in [-0.05, 0) is 12.1 Å². The minimum atomic E-state index is -0.907. The number of anilines is 1. The van der Waals surface area contributed by atoms with Crippen molar-refractivity contribution in [2.75, 3.05) is 12.4 Å². The van der Waals surface area contributed by atoms with Gasteiger partial charge >= 0.3 is 5.97 Å². The Kier molecular flexibility index (Phi) is 20.7. The van der Waals surface area contributed by atoms with Gasteiger partial charge in [0.05, 0.1) is 5.56 Å². The second kappa shape index (κ2) is 16.9.